The molecule has 0 atom stereocenters. The Bertz CT molecular complexity index is 1030. The molecule has 0 bridgehead atoms. The molecule has 0 amide bonds. The van der Waals surface area contributed by atoms with E-state index >= 15 is 0 Å². The quantitative estimate of drug-likeness (QED) is 0.767. The lowest BCUT2D eigenvalue weighted by Gasteiger charge is -2.31. The lowest BCUT2D eigenvalue weighted by Crippen LogP contribution is -2.41. The fourth-order valence-electron chi connectivity index (χ4n) is 3.41. The summed E-state index contributed by atoms with van der Waals surface area (Å²) in [6.45, 7) is 4.74. The Hall–Kier alpha value is -1.81. The summed E-state index contributed by atoms with van der Waals surface area (Å²) in [5.41, 5.74) is 1.73. The van der Waals surface area contributed by atoms with E-state index in [2.05, 4.69) is 9.71 Å². The summed E-state index contributed by atoms with van der Waals surface area (Å²) in [6, 6.07) is 8.38. The summed E-state index contributed by atoms with van der Waals surface area (Å²) in [7, 11) is -7.13. The Labute approximate surface area is 166 Å². The lowest BCUT2D eigenvalue weighted by atomic mass is 9.99. The van der Waals surface area contributed by atoms with Gasteiger partial charge >= 0.3 is 0 Å². The average Bonchev–Trinajstić information content (AvgIpc) is 2.67. The number of aromatic nitrogens is 1. The number of hydrogen-bond acceptors (Lipinski definition) is 5. The number of benzene rings is 1. The number of aryl methyl sites for hydroxylation is 2. The number of piperidine rings is 1. The summed E-state index contributed by atoms with van der Waals surface area (Å²) in [6.07, 6.45) is 4.09. The van der Waals surface area contributed by atoms with Crippen LogP contribution in [-0.2, 0) is 20.0 Å². The average molecular weight is 424 g/mol. The van der Waals surface area contributed by atoms with Crippen molar-refractivity contribution in [1.29, 1.82) is 0 Å². The molecule has 2 heterocycles. The van der Waals surface area contributed by atoms with Gasteiger partial charge in [0.05, 0.1) is 4.90 Å². The van der Waals surface area contributed by atoms with E-state index in [1.807, 2.05) is 13.0 Å². The lowest BCUT2D eigenvalue weighted by molar-refractivity contribution is 0.274. The molecule has 1 aromatic carbocycles. The van der Waals surface area contributed by atoms with E-state index in [0.29, 0.717) is 38.0 Å². The SMILES string of the molecule is Cc1ccc(S(=O)(=O)NCC2CCN(S(=O)(=O)c3cccnc3)CC2)c(C)c1. The van der Waals surface area contributed by atoms with Crippen LogP contribution in [0.4, 0.5) is 0 Å². The van der Waals surface area contributed by atoms with Crippen molar-refractivity contribution < 1.29 is 16.8 Å². The molecule has 28 heavy (non-hydrogen) atoms. The van der Waals surface area contributed by atoms with Crippen LogP contribution in [0, 0.1) is 19.8 Å². The standard InChI is InChI=1S/C19H25N3O4S2/c1-15-5-6-19(16(2)12-15)27(23,24)21-13-17-7-10-22(11-8-17)28(25,26)18-4-3-9-20-14-18/h3-6,9,12,14,17,21H,7-8,10-11,13H2,1-2H3. The first-order valence-electron chi connectivity index (χ1n) is 9.17. The maximum absolute atomic E-state index is 12.6. The van der Waals surface area contributed by atoms with E-state index in [9.17, 15) is 16.8 Å². The first-order valence-corrected chi connectivity index (χ1v) is 12.1. The Balaban J connectivity index is 1.59. The molecule has 2 aromatic rings. The third-order valence-corrected chi connectivity index (χ3v) is 8.49. The van der Waals surface area contributed by atoms with Crippen LogP contribution in [-0.4, -0.2) is 45.8 Å². The second-order valence-corrected chi connectivity index (χ2v) is 10.8. The van der Waals surface area contributed by atoms with Crippen LogP contribution in [0.15, 0.2) is 52.5 Å². The van der Waals surface area contributed by atoms with Gasteiger partial charge in [0, 0.05) is 32.0 Å². The second-order valence-electron chi connectivity index (χ2n) is 7.16. The van der Waals surface area contributed by atoms with Crippen molar-refractivity contribution in [3.05, 3.63) is 53.9 Å². The van der Waals surface area contributed by atoms with Crippen molar-refractivity contribution >= 4 is 20.0 Å². The molecule has 1 aliphatic rings. The third kappa shape index (κ3) is 4.60. The minimum atomic E-state index is -3.58. The van der Waals surface area contributed by atoms with Gasteiger partial charge in [-0.1, -0.05) is 17.7 Å². The molecule has 0 unspecified atom stereocenters. The molecule has 1 saturated heterocycles. The maximum Gasteiger partial charge on any atom is 0.244 e. The summed E-state index contributed by atoms with van der Waals surface area (Å²) >= 11 is 0. The first kappa shape index (κ1) is 20.9. The zero-order valence-electron chi connectivity index (χ0n) is 16.0. The predicted octanol–water partition coefficient (Wildman–Crippen LogP) is 2.08. The molecule has 1 aromatic heterocycles. The molecule has 0 saturated carbocycles. The highest BCUT2D eigenvalue weighted by Gasteiger charge is 2.30. The number of sulfonamides is 2. The van der Waals surface area contributed by atoms with E-state index in [4.69, 9.17) is 0 Å². The largest absolute Gasteiger partial charge is 0.263 e. The Morgan fingerprint density at radius 3 is 2.43 bits per heavy atom. The van der Waals surface area contributed by atoms with Gasteiger partial charge in [-0.2, -0.15) is 4.31 Å². The van der Waals surface area contributed by atoms with Crippen molar-refractivity contribution in [2.45, 2.75) is 36.5 Å². The van der Waals surface area contributed by atoms with Crippen LogP contribution in [0.1, 0.15) is 24.0 Å². The molecule has 152 valence electrons. The molecule has 0 spiro atoms. The minimum absolute atomic E-state index is 0.0980. The number of nitrogens with one attached hydrogen (secondary N) is 1. The molecular formula is C19H25N3O4S2. The zero-order chi connectivity index (χ0) is 20.4. The molecule has 0 aliphatic carbocycles. The van der Waals surface area contributed by atoms with Gasteiger partial charge in [-0.25, -0.2) is 21.6 Å². The summed E-state index contributed by atoms with van der Waals surface area (Å²) < 4.78 is 54.6. The van der Waals surface area contributed by atoms with Gasteiger partial charge in [0.2, 0.25) is 20.0 Å². The number of pyridine rings is 1. The van der Waals surface area contributed by atoms with Gasteiger partial charge in [0.25, 0.3) is 0 Å². The minimum Gasteiger partial charge on any atom is -0.263 e. The molecule has 0 radical (unpaired) electrons. The van der Waals surface area contributed by atoms with Crippen molar-refractivity contribution in [3.63, 3.8) is 0 Å². The van der Waals surface area contributed by atoms with Crippen molar-refractivity contribution in [2.24, 2.45) is 5.92 Å². The monoisotopic (exact) mass is 423 g/mol. The molecule has 1 N–H and O–H groups in total. The van der Waals surface area contributed by atoms with Crippen LogP contribution in [0.2, 0.25) is 0 Å². The summed E-state index contributed by atoms with van der Waals surface area (Å²) in [5, 5.41) is 0. The molecule has 1 aliphatic heterocycles. The van der Waals surface area contributed by atoms with E-state index in [0.717, 1.165) is 5.56 Å². The normalized spacial score (nSPS) is 16.9. The highest BCUT2D eigenvalue weighted by molar-refractivity contribution is 7.89. The van der Waals surface area contributed by atoms with Gasteiger partial charge in [0.15, 0.2) is 0 Å². The molecule has 3 rings (SSSR count). The van der Waals surface area contributed by atoms with Crippen LogP contribution < -0.4 is 4.72 Å². The van der Waals surface area contributed by atoms with Gasteiger partial charge in [-0.3, -0.25) is 4.98 Å². The van der Waals surface area contributed by atoms with Crippen LogP contribution in [0.25, 0.3) is 0 Å². The first-order chi connectivity index (χ1) is 13.2. The predicted molar refractivity (Wildman–Crippen MR) is 107 cm³/mol. The van der Waals surface area contributed by atoms with E-state index < -0.39 is 20.0 Å². The van der Waals surface area contributed by atoms with Gasteiger partial charge < -0.3 is 0 Å². The van der Waals surface area contributed by atoms with Gasteiger partial charge in [0.1, 0.15) is 4.90 Å². The van der Waals surface area contributed by atoms with Crippen LogP contribution >= 0.6 is 0 Å². The van der Waals surface area contributed by atoms with Gasteiger partial charge in [-0.05, 0) is 56.4 Å². The zero-order valence-corrected chi connectivity index (χ0v) is 17.6. The number of rotatable bonds is 6. The van der Waals surface area contributed by atoms with Crippen molar-refractivity contribution in [3.8, 4) is 0 Å². The van der Waals surface area contributed by atoms with E-state index in [-0.39, 0.29) is 15.7 Å². The topological polar surface area (TPSA) is 96.4 Å². The highest BCUT2D eigenvalue weighted by atomic mass is 32.2. The van der Waals surface area contributed by atoms with Crippen LogP contribution in [0.5, 0.6) is 0 Å². The fourth-order valence-corrected chi connectivity index (χ4v) is 6.18. The Morgan fingerprint density at radius 2 is 1.82 bits per heavy atom. The maximum atomic E-state index is 12.6. The third-order valence-electron chi connectivity index (χ3n) is 5.03. The molecule has 7 nitrogen and oxygen atoms in total. The molecule has 9 heteroatoms. The van der Waals surface area contributed by atoms with Crippen molar-refractivity contribution in [1.82, 2.24) is 14.0 Å². The van der Waals surface area contributed by atoms with Crippen molar-refractivity contribution in [2.75, 3.05) is 19.6 Å². The summed E-state index contributed by atoms with van der Waals surface area (Å²) in [4.78, 5) is 4.35. The smallest absolute Gasteiger partial charge is 0.244 e. The number of nitrogens with zero attached hydrogens (tertiary/aromatic N) is 2. The molecular weight excluding hydrogens is 398 g/mol. The van der Waals surface area contributed by atoms with Gasteiger partial charge in [-0.15, -0.1) is 0 Å². The van der Waals surface area contributed by atoms with E-state index in [1.54, 1.807) is 25.1 Å². The Kier molecular flexibility index (Phi) is 6.18. The fraction of sp³-hybridized carbons (Fsp3) is 0.421. The Morgan fingerprint density at radius 1 is 1.11 bits per heavy atom. The number of hydrogen-bond donors (Lipinski definition) is 1. The van der Waals surface area contributed by atoms with E-state index in [1.165, 1.54) is 22.8 Å². The second kappa shape index (κ2) is 8.28. The summed E-state index contributed by atoms with van der Waals surface area (Å²) in [5.74, 6) is 0.0980. The molecule has 1 fully saturated rings. The highest BCUT2D eigenvalue weighted by Crippen LogP contribution is 2.24. The van der Waals surface area contributed by atoms with Crippen LogP contribution in [0.3, 0.4) is 0 Å².